The number of amides is 1. The minimum absolute atomic E-state index is 0.106. The summed E-state index contributed by atoms with van der Waals surface area (Å²) in [6, 6.07) is 10.4. The Morgan fingerprint density at radius 2 is 1.84 bits per heavy atom. The normalized spacial score (nSPS) is 15.3. The molecule has 0 saturated carbocycles. The van der Waals surface area contributed by atoms with E-state index >= 15 is 0 Å². The monoisotopic (exact) mass is 435 g/mol. The third-order valence-corrected chi connectivity index (χ3v) is 6.02. The van der Waals surface area contributed by atoms with Crippen LogP contribution in [0.3, 0.4) is 0 Å². The average Bonchev–Trinajstić information content (AvgIpc) is 3.05. The third kappa shape index (κ3) is 3.85. The Bertz CT molecular complexity index is 1210. The molecule has 1 unspecified atom stereocenters. The summed E-state index contributed by atoms with van der Waals surface area (Å²) in [5.41, 5.74) is 2.34. The molecule has 6 heteroatoms. The van der Waals surface area contributed by atoms with Crippen molar-refractivity contribution in [3.8, 4) is 11.5 Å². The second-order valence-corrected chi connectivity index (χ2v) is 8.31. The highest BCUT2D eigenvalue weighted by atomic mass is 16.5. The fourth-order valence-corrected chi connectivity index (χ4v) is 4.28. The van der Waals surface area contributed by atoms with Crippen molar-refractivity contribution in [1.29, 1.82) is 0 Å². The summed E-state index contributed by atoms with van der Waals surface area (Å²) in [4.78, 5) is 27.9. The first-order valence-corrected chi connectivity index (χ1v) is 11.1. The molecular weight excluding hydrogens is 406 g/mol. The number of nitrogens with zero attached hydrogens (tertiary/aromatic N) is 1. The summed E-state index contributed by atoms with van der Waals surface area (Å²) in [6.45, 7) is 4.72. The van der Waals surface area contributed by atoms with Crippen LogP contribution in [-0.4, -0.2) is 31.6 Å². The van der Waals surface area contributed by atoms with Gasteiger partial charge >= 0.3 is 0 Å². The first-order valence-electron chi connectivity index (χ1n) is 11.1. The molecule has 1 aliphatic heterocycles. The van der Waals surface area contributed by atoms with E-state index in [1.54, 1.807) is 31.2 Å². The first kappa shape index (κ1) is 21.9. The number of hydrogen-bond acceptors (Lipinski definition) is 5. The van der Waals surface area contributed by atoms with Crippen molar-refractivity contribution in [2.24, 2.45) is 0 Å². The molecule has 32 heavy (non-hydrogen) atoms. The van der Waals surface area contributed by atoms with E-state index in [4.69, 9.17) is 13.9 Å². The molecule has 0 N–H and O–H groups in total. The third-order valence-electron chi connectivity index (χ3n) is 6.02. The number of carbonyl (C=O) groups is 1. The molecule has 2 heterocycles. The minimum Gasteiger partial charge on any atom is -0.493 e. The van der Waals surface area contributed by atoms with E-state index in [9.17, 15) is 9.59 Å². The Morgan fingerprint density at radius 1 is 1.03 bits per heavy atom. The van der Waals surface area contributed by atoms with Crippen LogP contribution in [0, 0.1) is 6.92 Å². The van der Waals surface area contributed by atoms with E-state index in [2.05, 4.69) is 6.92 Å². The molecule has 0 fully saturated rings. The number of fused-ring (bicyclic) bond motifs is 2. The summed E-state index contributed by atoms with van der Waals surface area (Å²) in [5.74, 6) is 1.03. The predicted octanol–water partition coefficient (Wildman–Crippen LogP) is 5.24. The van der Waals surface area contributed by atoms with Crippen molar-refractivity contribution in [2.75, 3.05) is 20.8 Å². The van der Waals surface area contributed by atoms with E-state index in [1.165, 1.54) is 12.8 Å². The van der Waals surface area contributed by atoms with Gasteiger partial charge in [-0.1, -0.05) is 43.9 Å². The maximum Gasteiger partial charge on any atom is 0.290 e. The number of unbranched alkanes of at least 4 members (excludes halogenated alkanes) is 3. The zero-order chi connectivity index (χ0) is 22.8. The molecule has 1 aliphatic rings. The maximum atomic E-state index is 13.4. The highest BCUT2D eigenvalue weighted by Gasteiger charge is 2.41. The van der Waals surface area contributed by atoms with Gasteiger partial charge in [0.05, 0.1) is 30.7 Å². The fraction of sp³-hybridized carbons (Fsp3) is 0.385. The lowest BCUT2D eigenvalue weighted by Crippen LogP contribution is -2.25. The second kappa shape index (κ2) is 9.07. The lowest BCUT2D eigenvalue weighted by molar-refractivity contribution is 0.0771. The van der Waals surface area contributed by atoms with Crippen molar-refractivity contribution in [3.05, 3.63) is 69.1 Å². The van der Waals surface area contributed by atoms with Crippen LogP contribution in [0.15, 0.2) is 45.6 Å². The first-order chi connectivity index (χ1) is 15.5. The molecule has 1 atom stereocenters. The Balaban J connectivity index is 1.72. The molecule has 0 saturated heterocycles. The fourth-order valence-electron chi connectivity index (χ4n) is 4.28. The molecule has 168 valence electrons. The average molecular weight is 436 g/mol. The van der Waals surface area contributed by atoms with Crippen LogP contribution < -0.4 is 14.9 Å². The quantitative estimate of drug-likeness (QED) is 0.452. The lowest BCUT2D eigenvalue weighted by atomic mass is 9.98. The van der Waals surface area contributed by atoms with Crippen molar-refractivity contribution in [1.82, 2.24) is 4.90 Å². The molecule has 0 radical (unpaired) electrons. The molecule has 0 spiro atoms. The summed E-state index contributed by atoms with van der Waals surface area (Å²) >= 11 is 0. The van der Waals surface area contributed by atoms with Crippen LogP contribution >= 0.6 is 0 Å². The largest absolute Gasteiger partial charge is 0.493 e. The van der Waals surface area contributed by atoms with E-state index < -0.39 is 6.04 Å². The van der Waals surface area contributed by atoms with Crippen molar-refractivity contribution in [2.45, 2.75) is 45.6 Å². The molecule has 2 aromatic carbocycles. The van der Waals surface area contributed by atoms with Gasteiger partial charge in [-0.3, -0.25) is 9.59 Å². The summed E-state index contributed by atoms with van der Waals surface area (Å²) in [6.07, 6.45) is 4.49. The van der Waals surface area contributed by atoms with Gasteiger partial charge in [-0.2, -0.15) is 0 Å². The van der Waals surface area contributed by atoms with Crippen LogP contribution in [0.25, 0.3) is 11.0 Å². The number of benzene rings is 2. The van der Waals surface area contributed by atoms with Crippen molar-refractivity contribution >= 4 is 16.9 Å². The van der Waals surface area contributed by atoms with Gasteiger partial charge in [-0.05, 0) is 43.2 Å². The number of methoxy groups -OCH3 is 1. The van der Waals surface area contributed by atoms with Crippen molar-refractivity contribution in [3.63, 3.8) is 0 Å². The summed E-state index contributed by atoms with van der Waals surface area (Å²) in [7, 11) is 3.27. The number of aryl methyl sites for hydroxylation is 1. The topological polar surface area (TPSA) is 69.0 Å². The molecule has 0 bridgehead atoms. The van der Waals surface area contributed by atoms with Crippen LogP contribution in [0.2, 0.25) is 0 Å². The Hall–Kier alpha value is -3.28. The second-order valence-electron chi connectivity index (χ2n) is 8.31. The van der Waals surface area contributed by atoms with Gasteiger partial charge in [-0.25, -0.2) is 0 Å². The molecular formula is C26H29NO5. The predicted molar refractivity (Wildman–Crippen MR) is 124 cm³/mol. The maximum absolute atomic E-state index is 13.4. The lowest BCUT2D eigenvalue weighted by Gasteiger charge is -2.21. The zero-order valence-corrected chi connectivity index (χ0v) is 19.1. The zero-order valence-electron chi connectivity index (χ0n) is 19.1. The number of carbonyl (C=O) groups excluding carboxylic acids is 1. The molecule has 6 nitrogen and oxygen atoms in total. The van der Waals surface area contributed by atoms with Gasteiger partial charge in [0.15, 0.2) is 16.9 Å². The van der Waals surface area contributed by atoms with Crippen LogP contribution in [0.5, 0.6) is 11.5 Å². The molecule has 3 aromatic rings. The van der Waals surface area contributed by atoms with E-state index in [-0.39, 0.29) is 17.1 Å². The van der Waals surface area contributed by atoms with Gasteiger partial charge in [0.25, 0.3) is 5.91 Å². The van der Waals surface area contributed by atoms with Crippen molar-refractivity contribution < 1.29 is 18.7 Å². The van der Waals surface area contributed by atoms with E-state index in [0.717, 1.165) is 24.0 Å². The molecule has 4 rings (SSSR count). The van der Waals surface area contributed by atoms with Gasteiger partial charge in [-0.15, -0.1) is 0 Å². The van der Waals surface area contributed by atoms with Gasteiger partial charge in [0.2, 0.25) is 5.76 Å². The SMILES string of the molecule is CCCCCCOc1ccc(C2c3c(oc4ccc(C)cc4c3=O)C(=O)N2C)cc1OC. The number of rotatable bonds is 8. The van der Waals surface area contributed by atoms with E-state index in [0.29, 0.717) is 34.6 Å². The van der Waals surface area contributed by atoms with Gasteiger partial charge in [0, 0.05) is 7.05 Å². The Kier molecular flexibility index (Phi) is 6.21. The summed E-state index contributed by atoms with van der Waals surface area (Å²) < 4.78 is 17.4. The molecule has 1 aromatic heterocycles. The molecule has 0 aliphatic carbocycles. The van der Waals surface area contributed by atoms with E-state index in [1.807, 2.05) is 31.2 Å². The van der Waals surface area contributed by atoms with Crippen LogP contribution in [0.1, 0.15) is 65.9 Å². The Morgan fingerprint density at radius 3 is 2.59 bits per heavy atom. The van der Waals surface area contributed by atoms with Crippen LogP contribution in [0.4, 0.5) is 0 Å². The van der Waals surface area contributed by atoms with Gasteiger partial charge in [0.1, 0.15) is 5.58 Å². The van der Waals surface area contributed by atoms with Gasteiger partial charge < -0.3 is 18.8 Å². The standard InChI is InChI=1S/C26H29NO5/c1-5-6-7-8-13-31-20-12-10-17(15-21(20)30-4)23-22-24(28)18-14-16(2)9-11-19(18)32-25(22)26(29)27(23)3/h9-12,14-15,23H,5-8,13H2,1-4H3. The minimum atomic E-state index is -0.550. The smallest absolute Gasteiger partial charge is 0.290 e. The highest BCUT2D eigenvalue weighted by molar-refractivity contribution is 5.98. The van der Waals surface area contributed by atoms with Crippen LogP contribution in [-0.2, 0) is 0 Å². The number of hydrogen-bond donors (Lipinski definition) is 0. The number of ether oxygens (including phenoxy) is 2. The summed E-state index contributed by atoms with van der Waals surface area (Å²) in [5, 5.41) is 0.482. The molecule has 1 amide bonds. The highest BCUT2D eigenvalue weighted by Crippen LogP contribution is 2.40. The Labute approximate surface area is 187 Å².